The van der Waals surface area contributed by atoms with Crippen molar-refractivity contribution in [2.75, 3.05) is 18.4 Å². The van der Waals surface area contributed by atoms with Crippen LogP contribution in [0, 0.1) is 17.8 Å². The van der Waals surface area contributed by atoms with Crippen LogP contribution in [0.15, 0.2) is 12.3 Å². The number of anilines is 1. The largest absolute Gasteiger partial charge is 0.369 e. The van der Waals surface area contributed by atoms with Gasteiger partial charge in [0.15, 0.2) is 0 Å². The van der Waals surface area contributed by atoms with Crippen molar-refractivity contribution in [1.29, 1.82) is 0 Å². The van der Waals surface area contributed by atoms with Crippen LogP contribution in [0.5, 0.6) is 0 Å². The fraction of sp³-hybridized carbons (Fsp3) is 0.706. The van der Waals surface area contributed by atoms with E-state index in [4.69, 9.17) is 11.6 Å². The van der Waals surface area contributed by atoms with E-state index in [2.05, 4.69) is 50.2 Å². The third-order valence-corrected chi connectivity index (χ3v) is 4.16. The Bertz CT molecular complexity index is 410. The fourth-order valence-electron chi connectivity index (χ4n) is 2.57. The number of aromatic nitrogens is 1. The molecule has 1 aromatic heterocycles. The van der Waals surface area contributed by atoms with E-state index in [0.717, 1.165) is 37.4 Å². The summed E-state index contributed by atoms with van der Waals surface area (Å²) in [7, 11) is 0. The van der Waals surface area contributed by atoms with Crippen LogP contribution < -0.4 is 10.6 Å². The lowest BCUT2D eigenvalue weighted by atomic mass is 9.85. The Morgan fingerprint density at radius 3 is 2.38 bits per heavy atom. The summed E-state index contributed by atoms with van der Waals surface area (Å²) in [6.07, 6.45) is 3.03. The second kappa shape index (κ2) is 9.26. The highest BCUT2D eigenvalue weighted by molar-refractivity contribution is 6.32. The molecule has 1 rings (SSSR count). The number of halogens is 1. The van der Waals surface area contributed by atoms with E-state index in [-0.39, 0.29) is 0 Å². The van der Waals surface area contributed by atoms with Crippen molar-refractivity contribution in [2.45, 2.75) is 47.6 Å². The summed E-state index contributed by atoms with van der Waals surface area (Å²) in [6, 6.07) is 2.00. The maximum Gasteiger partial charge on any atom is 0.144 e. The number of pyridine rings is 1. The lowest BCUT2D eigenvalue weighted by Gasteiger charge is -2.25. The second-order valence-electron chi connectivity index (χ2n) is 6.38. The Balaban J connectivity index is 2.59. The van der Waals surface area contributed by atoms with E-state index in [1.807, 2.05) is 12.3 Å². The summed E-state index contributed by atoms with van der Waals surface area (Å²) in [6.45, 7) is 14.0. The predicted octanol–water partition coefficient (Wildman–Crippen LogP) is 4.57. The summed E-state index contributed by atoms with van der Waals surface area (Å²) < 4.78 is 0. The van der Waals surface area contributed by atoms with Gasteiger partial charge in [0.25, 0.3) is 0 Å². The van der Waals surface area contributed by atoms with Crippen LogP contribution in [0.1, 0.15) is 46.6 Å². The van der Waals surface area contributed by atoms with Gasteiger partial charge in [-0.2, -0.15) is 0 Å². The van der Waals surface area contributed by atoms with Gasteiger partial charge in [-0.05, 0) is 42.3 Å². The standard InChI is InChI=1S/C17H30ClN3/c1-6-7-19-9-14-8-16(18)17(20-10-14)21-11-15(12(2)3)13(4)5/h8,10,12-13,15,19H,6-7,9,11H2,1-5H3,(H,20,21). The zero-order valence-corrected chi connectivity index (χ0v) is 14.8. The molecule has 0 fully saturated rings. The van der Waals surface area contributed by atoms with Gasteiger partial charge in [-0.3, -0.25) is 0 Å². The molecule has 0 aliphatic heterocycles. The topological polar surface area (TPSA) is 37.0 Å². The van der Waals surface area contributed by atoms with Gasteiger partial charge in [-0.1, -0.05) is 46.2 Å². The van der Waals surface area contributed by atoms with E-state index in [1.165, 1.54) is 0 Å². The molecule has 0 radical (unpaired) electrons. The maximum absolute atomic E-state index is 6.33. The zero-order chi connectivity index (χ0) is 15.8. The average molecular weight is 312 g/mol. The molecule has 0 aromatic carbocycles. The first-order valence-electron chi connectivity index (χ1n) is 8.04. The molecular formula is C17H30ClN3. The normalized spacial score (nSPS) is 11.7. The number of nitrogens with one attached hydrogen (secondary N) is 2. The minimum Gasteiger partial charge on any atom is -0.369 e. The van der Waals surface area contributed by atoms with Gasteiger partial charge in [0.1, 0.15) is 5.82 Å². The minimum absolute atomic E-state index is 0.619. The van der Waals surface area contributed by atoms with Gasteiger partial charge in [-0.25, -0.2) is 4.98 Å². The van der Waals surface area contributed by atoms with Gasteiger partial charge in [0.2, 0.25) is 0 Å². The van der Waals surface area contributed by atoms with Gasteiger partial charge >= 0.3 is 0 Å². The summed E-state index contributed by atoms with van der Waals surface area (Å²) >= 11 is 6.33. The van der Waals surface area contributed by atoms with Crippen LogP contribution in [0.2, 0.25) is 5.02 Å². The van der Waals surface area contributed by atoms with Crippen molar-refractivity contribution in [1.82, 2.24) is 10.3 Å². The molecule has 0 bridgehead atoms. The van der Waals surface area contributed by atoms with E-state index >= 15 is 0 Å². The minimum atomic E-state index is 0.619. The summed E-state index contributed by atoms with van der Waals surface area (Å²) in [5.74, 6) is 2.71. The van der Waals surface area contributed by atoms with E-state index in [1.54, 1.807) is 0 Å². The molecule has 0 unspecified atom stereocenters. The van der Waals surface area contributed by atoms with Crippen LogP contribution >= 0.6 is 11.6 Å². The number of hydrogen-bond donors (Lipinski definition) is 2. The Hall–Kier alpha value is -0.800. The molecule has 0 amide bonds. The molecule has 0 aliphatic rings. The van der Waals surface area contributed by atoms with Crippen LogP contribution in [0.3, 0.4) is 0 Å². The van der Waals surface area contributed by atoms with E-state index in [0.29, 0.717) is 22.8 Å². The predicted molar refractivity (Wildman–Crippen MR) is 92.9 cm³/mol. The molecule has 0 saturated carbocycles. The van der Waals surface area contributed by atoms with Gasteiger partial charge < -0.3 is 10.6 Å². The highest BCUT2D eigenvalue weighted by atomic mass is 35.5. The summed E-state index contributed by atoms with van der Waals surface area (Å²) in [4.78, 5) is 4.46. The Kier molecular flexibility index (Phi) is 8.05. The van der Waals surface area contributed by atoms with Gasteiger partial charge in [0.05, 0.1) is 5.02 Å². The summed E-state index contributed by atoms with van der Waals surface area (Å²) in [5, 5.41) is 7.47. The molecule has 3 nitrogen and oxygen atoms in total. The Morgan fingerprint density at radius 1 is 1.19 bits per heavy atom. The highest BCUT2D eigenvalue weighted by Crippen LogP contribution is 2.24. The molecule has 0 spiro atoms. The summed E-state index contributed by atoms with van der Waals surface area (Å²) in [5.41, 5.74) is 1.13. The smallest absolute Gasteiger partial charge is 0.144 e. The van der Waals surface area contributed by atoms with E-state index in [9.17, 15) is 0 Å². The molecule has 1 aromatic rings. The van der Waals surface area contributed by atoms with Crippen molar-refractivity contribution < 1.29 is 0 Å². The molecular weight excluding hydrogens is 282 g/mol. The fourth-order valence-corrected chi connectivity index (χ4v) is 2.83. The van der Waals surface area contributed by atoms with Crippen molar-refractivity contribution in [2.24, 2.45) is 17.8 Å². The molecule has 1 heterocycles. The number of nitrogens with zero attached hydrogens (tertiary/aromatic N) is 1. The van der Waals surface area contributed by atoms with E-state index < -0.39 is 0 Å². The maximum atomic E-state index is 6.33. The number of hydrogen-bond acceptors (Lipinski definition) is 3. The number of rotatable bonds is 9. The zero-order valence-electron chi connectivity index (χ0n) is 14.0. The van der Waals surface area contributed by atoms with Crippen LogP contribution in [0.4, 0.5) is 5.82 Å². The quantitative estimate of drug-likeness (QED) is 0.656. The lowest BCUT2D eigenvalue weighted by Crippen LogP contribution is -2.25. The molecule has 120 valence electrons. The van der Waals surface area contributed by atoms with Crippen molar-refractivity contribution in [3.8, 4) is 0 Å². The first-order valence-corrected chi connectivity index (χ1v) is 8.42. The lowest BCUT2D eigenvalue weighted by molar-refractivity contribution is 0.304. The molecule has 4 heteroatoms. The van der Waals surface area contributed by atoms with Crippen molar-refractivity contribution in [3.05, 3.63) is 22.8 Å². The third kappa shape index (κ3) is 6.23. The van der Waals surface area contributed by atoms with Gasteiger partial charge in [0, 0.05) is 19.3 Å². The first-order chi connectivity index (χ1) is 9.95. The molecule has 0 aliphatic carbocycles. The van der Waals surface area contributed by atoms with Crippen molar-refractivity contribution in [3.63, 3.8) is 0 Å². The van der Waals surface area contributed by atoms with Crippen LogP contribution in [-0.4, -0.2) is 18.1 Å². The Labute approximate surface area is 134 Å². The van der Waals surface area contributed by atoms with Crippen LogP contribution in [0.25, 0.3) is 0 Å². The van der Waals surface area contributed by atoms with Gasteiger partial charge in [-0.15, -0.1) is 0 Å². The Morgan fingerprint density at radius 2 is 1.86 bits per heavy atom. The monoisotopic (exact) mass is 311 g/mol. The first kappa shape index (κ1) is 18.2. The average Bonchev–Trinajstić information content (AvgIpc) is 2.40. The molecule has 21 heavy (non-hydrogen) atoms. The SMILES string of the molecule is CCCNCc1cnc(NCC(C(C)C)C(C)C)c(Cl)c1. The van der Waals surface area contributed by atoms with Crippen molar-refractivity contribution >= 4 is 17.4 Å². The third-order valence-electron chi connectivity index (χ3n) is 3.87. The molecule has 2 N–H and O–H groups in total. The molecule has 0 atom stereocenters. The highest BCUT2D eigenvalue weighted by Gasteiger charge is 2.17. The van der Waals surface area contributed by atoms with Crippen LogP contribution in [-0.2, 0) is 6.54 Å². The molecule has 0 saturated heterocycles. The second-order valence-corrected chi connectivity index (χ2v) is 6.79.